The predicted octanol–water partition coefficient (Wildman–Crippen LogP) is 4.48. The monoisotopic (exact) mass is 400 g/mol. The Labute approximate surface area is 156 Å². The van der Waals surface area contributed by atoms with Gasteiger partial charge >= 0.3 is 0 Å². The van der Waals surface area contributed by atoms with Gasteiger partial charge in [0.05, 0.1) is 11.5 Å². The van der Waals surface area contributed by atoms with Crippen LogP contribution in [0.25, 0.3) is 11.4 Å². The summed E-state index contributed by atoms with van der Waals surface area (Å²) in [4.78, 5) is 25.5. The van der Waals surface area contributed by atoms with Gasteiger partial charge in [-0.05, 0) is 59.3 Å². The molecule has 1 aliphatic carbocycles. The fourth-order valence-corrected chi connectivity index (χ4v) is 3.66. The van der Waals surface area contributed by atoms with Gasteiger partial charge in [-0.1, -0.05) is 25.5 Å². The van der Waals surface area contributed by atoms with Crippen molar-refractivity contribution in [3.63, 3.8) is 0 Å². The molecule has 2 heterocycles. The zero-order valence-corrected chi connectivity index (χ0v) is 16.3. The highest BCUT2D eigenvalue weighted by Crippen LogP contribution is 2.59. The van der Waals surface area contributed by atoms with Gasteiger partial charge in [-0.2, -0.15) is 0 Å². The van der Waals surface area contributed by atoms with Crippen molar-refractivity contribution in [2.75, 3.05) is 5.32 Å². The lowest BCUT2D eigenvalue weighted by Crippen LogP contribution is -2.17. The highest BCUT2D eigenvalue weighted by molar-refractivity contribution is 9.10. The van der Waals surface area contributed by atoms with E-state index in [0.29, 0.717) is 16.2 Å². The topological polar surface area (TPSA) is 67.8 Å². The van der Waals surface area contributed by atoms with Gasteiger partial charge < -0.3 is 5.32 Å². The van der Waals surface area contributed by atoms with E-state index >= 15 is 0 Å². The average molecular weight is 401 g/mol. The van der Waals surface area contributed by atoms with Gasteiger partial charge in [0.1, 0.15) is 10.4 Å². The molecule has 0 spiro atoms. The van der Waals surface area contributed by atoms with Crippen molar-refractivity contribution < 1.29 is 4.79 Å². The minimum atomic E-state index is -0.0277. The molecule has 1 saturated carbocycles. The Kier molecular flexibility index (Phi) is 4.73. The first-order chi connectivity index (χ1) is 11.8. The molecule has 1 aliphatic rings. The molecule has 2 atom stereocenters. The van der Waals surface area contributed by atoms with Crippen molar-refractivity contribution in [2.45, 2.75) is 27.7 Å². The zero-order chi connectivity index (χ0) is 18.2. The molecule has 1 N–H and O–H groups in total. The molecule has 1 fully saturated rings. The summed E-state index contributed by atoms with van der Waals surface area (Å²) in [5.41, 5.74) is 2.00. The van der Waals surface area contributed by atoms with Crippen molar-refractivity contribution in [1.29, 1.82) is 0 Å². The first-order valence-corrected chi connectivity index (χ1v) is 9.00. The molecule has 0 aliphatic heterocycles. The summed E-state index contributed by atoms with van der Waals surface area (Å²) < 4.78 is 0.604. The van der Waals surface area contributed by atoms with Crippen LogP contribution in [0.4, 0.5) is 5.82 Å². The third-order valence-corrected chi connectivity index (χ3v) is 5.22. The van der Waals surface area contributed by atoms with Crippen LogP contribution in [0.15, 0.2) is 46.8 Å². The molecular weight excluding hydrogens is 380 g/mol. The maximum atomic E-state index is 12.6. The van der Waals surface area contributed by atoms with Crippen molar-refractivity contribution in [3.05, 3.63) is 46.8 Å². The molecule has 0 aromatic carbocycles. The Morgan fingerprint density at radius 3 is 2.52 bits per heavy atom. The number of aromatic nitrogens is 3. The van der Waals surface area contributed by atoms with Gasteiger partial charge in [-0.3, -0.25) is 4.79 Å². The van der Waals surface area contributed by atoms with E-state index in [1.54, 1.807) is 24.5 Å². The van der Waals surface area contributed by atoms with Gasteiger partial charge in [0.15, 0.2) is 5.82 Å². The number of nitrogens with zero attached hydrogens (tertiary/aromatic N) is 3. The second-order valence-corrected chi connectivity index (χ2v) is 7.92. The van der Waals surface area contributed by atoms with E-state index in [0.717, 1.165) is 5.56 Å². The zero-order valence-electron chi connectivity index (χ0n) is 14.7. The van der Waals surface area contributed by atoms with E-state index < -0.39 is 0 Å². The predicted molar refractivity (Wildman–Crippen MR) is 102 cm³/mol. The van der Waals surface area contributed by atoms with Crippen LogP contribution in [-0.4, -0.2) is 20.9 Å². The number of pyridine rings is 1. The second-order valence-electron chi connectivity index (χ2n) is 7.17. The quantitative estimate of drug-likeness (QED) is 0.606. The molecule has 3 rings (SSSR count). The van der Waals surface area contributed by atoms with Gasteiger partial charge in [-0.15, -0.1) is 0 Å². The van der Waals surface area contributed by atoms with Crippen LogP contribution in [-0.2, 0) is 4.79 Å². The van der Waals surface area contributed by atoms with Gasteiger partial charge in [0, 0.05) is 12.4 Å². The molecule has 2 aromatic heterocycles. The van der Waals surface area contributed by atoms with Crippen LogP contribution < -0.4 is 5.32 Å². The Morgan fingerprint density at radius 1 is 1.24 bits per heavy atom. The van der Waals surface area contributed by atoms with Crippen LogP contribution in [0.5, 0.6) is 0 Å². The number of allylic oxidation sites excluding steroid dienone is 2. The molecule has 0 bridgehead atoms. The van der Waals surface area contributed by atoms with Crippen molar-refractivity contribution >= 4 is 27.7 Å². The molecule has 5 nitrogen and oxygen atoms in total. The van der Waals surface area contributed by atoms with Crippen LogP contribution in [0.2, 0.25) is 0 Å². The molecule has 0 radical (unpaired) electrons. The number of nitrogens with one attached hydrogen (secondary N) is 1. The van der Waals surface area contributed by atoms with Crippen LogP contribution >= 0.6 is 15.9 Å². The van der Waals surface area contributed by atoms with E-state index in [4.69, 9.17) is 0 Å². The molecule has 130 valence electrons. The molecule has 6 heteroatoms. The van der Waals surface area contributed by atoms with Crippen LogP contribution in [0, 0.1) is 17.3 Å². The molecular formula is C19H21BrN4O. The van der Waals surface area contributed by atoms with Crippen molar-refractivity contribution in [2.24, 2.45) is 17.3 Å². The molecule has 2 unspecified atom stereocenters. The standard InChI is InChI=1S/C19H21BrN4O/c1-11(2)10-13-15(19(13,3)4)18(25)24-14-7-6-12(16(20)23-14)17-21-8-5-9-22-17/h5-10,13,15H,1-4H3,(H,23,24,25). The lowest BCUT2D eigenvalue weighted by Gasteiger charge is -2.08. The summed E-state index contributed by atoms with van der Waals surface area (Å²) in [5, 5.41) is 2.93. The minimum Gasteiger partial charge on any atom is -0.310 e. The molecule has 25 heavy (non-hydrogen) atoms. The average Bonchev–Trinajstić information content (AvgIpc) is 3.08. The number of carbonyl (C=O) groups excluding carboxylic acids is 1. The highest BCUT2D eigenvalue weighted by atomic mass is 79.9. The molecule has 2 aromatic rings. The third kappa shape index (κ3) is 3.63. The van der Waals surface area contributed by atoms with E-state index in [2.05, 4.69) is 70.0 Å². The maximum Gasteiger partial charge on any atom is 0.229 e. The fourth-order valence-electron chi connectivity index (χ4n) is 3.16. The SMILES string of the molecule is CC(C)=CC1C(C(=O)Nc2ccc(-c3ncccn3)c(Br)n2)C1(C)C. The van der Waals surface area contributed by atoms with E-state index in [1.165, 1.54) is 5.57 Å². The van der Waals surface area contributed by atoms with Gasteiger partial charge in [0.25, 0.3) is 0 Å². The number of hydrogen-bond donors (Lipinski definition) is 1. The molecule has 0 saturated heterocycles. The van der Waals surface area contributed by atoms with Crippen molar-refractivity contribution in [1.82, 2.24) is 15.0 Å². The summed E-state index contributed by atoms with van der Waals surface area (Å²) in [6.07, 6.45) is 5.55. The second kappa shape index (κ2) is 6.67. The number of rotatable bonds is 4. The summed E-state index contributed by atoms with van der Waals surface area (Å²) >= 11 is 3.44. The molecule has 1 amide bonds. The Hall–Kier alpha value is -2.08. The minimum absolute atomic E-state index is 0.00983. The van der Waals surface area contributed by atoms with E-state index in [1.807, 2.05) is 6.07 Å². The first-order valence-electron chi connectivity index (χ1n) is 8.20. The maximum absolute atomic E-state index is 12.6. The van der Waals surface area contributed by atoms with E-state index in [-0.39, 0.29) is 23.2 Å². The number of amides is 1. The van der Waals surface area contributed by atoms with Gasteiger partial charge in [-0.25, -0.2) is 15.0 Å². The van der Waals surface area contributed by atoms with Crippen LogP contribution in [0.3, 0.4) is 0 Å². The summed E-state index contributed by atoms with van der Waals surface area (Å²) in [6.45, 7) is 8.37. The fraction of sp³-hybridized carbons (Fsp3) is 0.368. The lowest BCUT2D eigenvalue weighted by molar-refractivity contribution is -0.118. The number of hydrogen-bond acceptors (Lipinski definition) is 4. The Morgan fingerprint density at radius 2 is 1.92 bits per heavy atom. The number of carbonyl (C=O) groups is 1. The first kappa shape index (κ1) is 17.7. The smallest absolute Gasteiger partial charge is 0.229 e. The largest absolute Gasteiger partial charge is 0.310 e. The number of halogens is 1. The van der Waals surface area contributed by atoms with Crippen molar-refractivity contribution in [3.8, 4) is 11.4 Å². The lowest BCUT2D eigenvalue weighted by atomic mass is 10.1. The normalized spacial score (nSPS) is 20.7. The summed E-state index contributed by atoms with van der Waals surface area (Å²) in [7, 11) is 0. The third-order valence-electron chi connectivity index (χ3n) is 4.61. The van der Waals surface area contributed by atoms with Gasteiger partial charge in [0.2, 0.25) is 5.91 Å². The Balaban J connectivity index is 1.75. The summed E-state index contributed by atoms with van der Waals surface area (Å²) in [5.74, 6) is 1.37. The number of anilines is 1. The van der Waals surface area contributed by atoms with E-state index in [9.17, 15) is 4.79 Å². The summed E-state index contributed by atoms with van der Waals surface area (Å²) in [6, 6.07) is 5.40. The highest BCUT2D eigenvalue weighted by Gasteiger charge is 2.60. The Bertz CT molecular complexity index is 829. The van der Waals surface area contributed by atoms with Crippen LogP contribution in [0.1, 0.15) is 27.7 Å².